The molecule has 2 aromatic carbocycles. The zero-order chi connectivity index (χ0) is 13.8. The van der Waals surface area contributed by atoms with E-state index in [-0.39, 0.29) is 0 Å². The highest BCUT2D eigenvalue weighted by Crippen LogP contribution is 2.25. The Bertz CT molecular complexity index is 610. The van der Waals surface area contributed by atoms with Gasteiger partial charge in [0, 0.05) is 10.7 Å². The Kier molecular flexibility index (Phi) is 4.09. The molecule has 0 aliphatic rings. The fraction of sp³-hybridized carbons (Fsp3) is 0.188. The topological polar surface area (TPSA) is 35.8 Å². The fourth-order valence-corrected chi connectivity index (χ4v) is 2.00. The zero-order valence-electron chi connectivity index (χ0n) is 10.9. The Labute approximate surface area is 118 Å². The molecule has 0 radical (unpaired) electrons. The molecule has 2 rings (SSSR count). The van der Waals surface area contributed by atoms with Crippen LogP contribution in [0, 0.1) is 11.3 Å². The number of hydrogen-bond donors (Lipinski definition) is 1. The van der Waals surface area contributed by atoms with E-state index in [1.165, 1.54) is 5.56 Å². The smallest absolute Gasteiger partial charge is 0.101 e. The summed E-state index contributed by atoms with van der Waals surface area (Å²) in [6.45, 7) is 4.32. The molecule has 0 amide bonds. The van der Waals surface area contributed by atoms with E-state index in [2.05, 4.69) is 37.4 Å². The minimum Gasteiger partial charge on any atom is -0.354 e. The molecule has 0 unspecified atom stereocenters. The van der Waals surface area contributed by atoms with Crippen LogP contribution in [0.5, 0.6) is 0 Å². The largest absolute Gasteiger partial charge is 0.354 e. The summed E-state index contributed by atoms with van der Waals surface area (Å²) in [5.74, 6) is 0.509. The van der Waals surface area contributed by atoms with Crippen LogP contribution in [-0.4, -0.2) is 0 Å². The van der Waals surface area contributed by atoms with Crippen molar-refractivity contribution >= 4 is 23.0 Å². The average Bonchev–Trinajstić information content (AvgIpc) is 2.39. The van der Waals surface area contributed by atoms with Crippen LogP contribution in [0.4, 0.5) is 11.4 Å². The molecule has 2 aromatic rings. The predicted molar refractivity (Wildman–Crippen MR) is 80.0 cm³/mol. The molecule has 19 heavy (non-hydrogen) atoms. The van der Waals surface area contributed by atoms with Crippen molar-refractivity contribution < 1.29 is 0 Å². The molecule has 0 saturated carbocycles. The molecule has 1 N–H and O–H groups in total. The molecular formula is C16H15ClN2. The number of nitrogens with zero attached hydrogens (tertiary/aromatic N) is 1. The molecule has 0 heterocycles. The lowest BCUT2D eigenvalue weighted by Crippen LogP contribution is -1.94. The Hall–Kier alpha value is -1.98. The van der Waals surface area contributed by atoms with Crippen LogP contribution < -0.4 is 5.32 Å². The minimum atomic E-state index is 0.509. The molecule has 0 fully saturated rings. The minimum absolute atomic E-state index is 0.509. The molecule has 0 atom stereocenters. The first-order chi connectivity index (χ1) is 9.10. The summed E-state index contributed by atoms with van der Waals surface area (Å²) in [6.07, 6.45) is 0. The van der Waals surface area contributed by atoms with Crippen LogP contribution in [0.3, 0.4) is 0 Å². The van der Waals surface area contributed by atoms with E-state index in [0.717, 1.165) is 11.4 Å². The Balaban J connectivity index is 2.26. The SMILES string of the molecule is CC(C)c1ccc(Nc2cc(Cl)ccc2C#N)cc1. The second-order valence-electron chi connectivity index (χ2n) is 4.70. The van der Waals surface area contributed by atoms with Crippen LogP contribution in [0.15, 0.2) is 42.5 Å². The predicted octanol–water partition coefficient (Wildman–Crippen LogP) is 5.08. The highest BCUT2D eigenvalue weighted by atomic mass is 35.5. The third-order valence-electron chi connectivity index (χ3n) is 2.96. The van der Waals surface area contributed by atoms with Gasteiger partial charge in [-0.25, -0.2) is 0 Å². The summed E-state index contributed by atoms with van der Waals surface area (Å²) in [4.78, 5) is 0. The number of benzene rings is 2. The molecule has 96 valence electrons. The molecule has 0 spiro atoms. The normalized spacial score (nSPS) is 10.3. The van der Waals surface area contributed by atoms with Gasteiger partial charge in [0.1, 0.15) is 6.07 Å². The Morgan fingerprint density at radius 3 is 2.37 bits per heavy atom. The summed E-state index contributed by atoms with van der Waals surface area (Å²) in [5.41, 5.74) is 3.55. The summed E-state index contributed by atoms with van der Waals surface area (Å²) in [5, 5.41) is 12.9. The van der Waals surface area contributed by atoms with Gasteiger partial charge in [-0.15, -0.1) is 0 Å². The van der Waals surface area contributed by atoms with Crippen molar-refractivity contribution in [3.63, 3.8) is 0 Å². The van der Waals surface area contributed by atoms with E-state index in [1.807, 2.05) is 12.1 Å². The van der Waals surface area contributed by atoms with Crippen molar-refractivity contribution in [3.8, 4) is 6.07 Å². The molecule has 3 heteroatoms. The quantitative estimate of drug-likeness (QED) is 0.844. The fourth-order valence-electron chi connectivity index (χ4n) is 1.82. The molecule has 2 nitrogen and oxygen atoms in total. The van der Waals surface area contributed by atoms with Gasteiger partial charge in [0.25, 0.3) is 0 Å². The molecular weight excluding hydrogens is 256 g/mol. The third-order valence-corrected chi connectivity index (χ3v) is 3.19. The van der Waals surface area contributed by atoms with Gasteiger partial charge in [-0.2, -0.15) is 5.26 Å². The van der Waals surface area contributed by atoms with E-state index in [0.29, 0.717) is 16.5 Å². The van der Waals surface area contributed by atoms with Crippen LogP contribution in [0.1, 0.15) is 30.9 Å². The van der Waals surface area contributed by atoms with Gasteiger partial charge in [0.2, 0.25) is 0 Å². The van der Waals surface area contributed by atoms with Gasteiger partial charge in [-0.1, -0.05) is 37.6 Å². The maximum atomic E-state index is 9.07. The van der Waals surface area contributed by atoms with Crippen molar-refractivity contribution in [1.29, 1.82) is 5.26 Å². The molecule has 0 bridgehead atoms. The Morgan fingerprint density at radius 2 is 1.79 bits per heavy atom. The van der Waals surface area contributed by atoms with Crippen LogP contribution >= 0.6 is 11.6 Å². The molecule has 0 aromatic heterocycles. The number of hydrogen-bond acceptors (Lipinski definition) is 2. The van der Waals surface area contributed by atoms with Crippen molar-refractivity contribution in [3.05, 3.63) is 58.6 Å². The molecule has 0 aliphatic carbocycles. The van der Waals surface area contributed by atoms with Crippen molar-refractivity contribution in [2.45, 2.75) is 19.8 Å². The summed E-state index contributed by atoms with van der Waals surface area (Å²) in [6, 6.07) is 15.5. The van der Waals surface area contributed by atoms with Gasteiger partial charge >= 0.3 is 0 Å². The van der Waals surface area contributed by atoms with E-state index in [4.69, 9.17) is 16.9 Å². The number of nitriles is 1. The first-order valence-electron chi connectivity index (χ1n) is 6.17. The molecule has 0 saturated heterocycles. The highest BCUT2D eigenvalue weighted by Gasteiger charge is 2.04. The summed E-state index contributed by atoms with van der Waals surface area (Å²) >= 11 is 5.96. The second-order valence-corrected chi connectivity index (χ2v) is 5.14. The zero-order valence-corrected chi connectivity index (χ0v) is 11.7. The number of anilines is 2. The number of rotatable bonds is 3. The van der Waals surface area contributed by atoms with Crippen molar-refractivity contribution in [2.75, 3.05) is 5.32 Å². The summed E-state index contributed by atoms with van der Waals surface area (Å²) in [7, 11) is 0. The van der Waals surface area contributed by atoms with E-state index >= 15 is 0 Å². The van der Waals surface area contributed by atoms with Gasteiger partial charge < -0.3 is 5.32 Å². The van der Waals surface area contributed by atoms with E-state index in [9.17, 15) is 0 Å². The van der Waals surface area contributed by atoms with Crippen molar-refractivity contribution in [2.24, 2.45) is 0 Å². The Morgan fingerprint density at radius 1 is 1.11 bits per heavy atom. The average molecular weight is 271 g/mol. The van der Waals surface area contributed by atoms with Crippen LogP contribution in [0.2, 0.25) is 5.02 Å². The summed E-state index contributed by atoms with van der Waals surface area (Å²) < 4.78 is 0. The second kappa shape index (κ2) is 5.77. The standard InChI is InChI=1S/C16H15ClN2/c1-11(2)12-4-7-15(8-5-12)19-16-9-14(17)6-3-13(16)10-18/h3-9,11,19H,1-2H3. The van der Waals surface area contributed by atoms with E-state index in [1.54, 1.807) is 18.2 Å². The third kappa shape index (κ3) is 3.27. The van der Waals surface area contributed by atoms with Crippen molar-refractivity contribution in [1.82, 2.24) is 0 Å². The number of nitrogens with one attached hydrogen (secondary N) is 1. The lowest BCUT2D eigenvalue weighted by molar-refractivity contribution is 0.867. The van der Waals surface area contributed by atoms with E-state index < -0.39 is 0 Å². The van der Waals surface area contributed by atoms with Gasteiger partial charge in [-0.3, -0.25) is 0 Å². The first-order valence-corrected chi connectivity index (χ1v) is 6.54. The molecule has 0 aliphatic heterocycles. The lowest BCUT2D eigenvalue weighted by Gasteiger charge is -2.10. The number of halogens is 1. The maximum Gasteiger partial charge on any atom is 0.101 e. The van der Waals surface area contributed by atoms with Crippen LogP contribution in [-0.2, 0) is 0 Å². The first kappa shape index (κ1) is 13.5. The monoisotopic (exact) mass is 270 g/mol. The highest BCUT2D eigenvalue weighted by molar-refractivity contribution is 6.30. The van der Waals surface area contributed by atoms with Gasteiger partial charge in [-0.05, 0) is 41.8 Å². The van der Waals surface area contributed by atoms with Gasteiger partial charge in [0.15, 0.2) is 0 Å². The van der Waals surface area contributed by atoms with Crippen LogP contribution in [0.25, 0.3) is 0 Å². The maximum absolute atomic E-state index is 9.07. The lowest BCUT2D eigenvalue weighted by atomic mass is 10.0. The van der Waals surface area contributed by atoms with Gasteiger partial charge in [0.05, 0.1) is 11.3 Å².